The second-order valence-electron chi connectivity index (χ2n) is 7.88. The van der Waals surface area contributed by atoms with Gasteiger partial charge in [0.2, 0.25) is 0 Å². The zero-order chi connectivity index (χ0) is 16.9. The molecule has 2 aromatic rings. The summed E-state index contributed by atoms with van der Waals surface area (Å²) >= 11 is 0. The van der Waals surface area contributed by atoms with E-state index in [1.807, 2.05) is 6.20 Å². The molecular weight excluding hydrogens is 312 g/mol. The number of amides is 2. The van der Waals surface area contributed by atoms with Crippen molar-refractivity contribution in [2.45, 2.75) is 50.0 Å². The molecule has 2 amide bonds. The highest BCUT2D eigenvalue weighted by Gasteiger charge is 2.57. The van der Waals surface area contributed by atoms with Crippen LogP contribution in [0.4, 0.5) is 4.79 Å². The van der Waals surface area contributed by atoms with Crippen molar-refractivity contribution in [1.82, 2.24) is 20.8 Å². The molecule has 0 radical (unpaired) electrons. The summed E-state index contributed by atoms with van der Waals surface area (Å²) in [6, 6.07) is 9.01. The highest BCUT2D eigenvalue weighted by Crippen LogP contribution is 2.61. The van der Waals surface area contributed by atoms with Gasteiger partial charge in [-0.25, -0.2) is 4.79 Å². The van der Waals surface area contributed by atoms with Crippen LogP contribution in [-0.2, 0) is 24.7 Å². The molecule has 1 saturated carbocycles. The first kappa shape index (κ1) is 15.0. The number of nitrogens with one attached hydrogen (secondary N) is 3. The predicted octanol–water partition coefficient (Wildman–Crippen LogP) is 2.47. The summed E-state index contributed by atoms with van der Waals surface area (Å²) in [5.41, 5.74) is 5.84. The van der Waals surface area contributed by atoms with Gasteiger partial charge in [0.05, 0.1) is 6.20 Å². The molecule has 0 aliphatic heterocycles. The summed E-state index contributed by atoms with van der Waals surface area (Å²) in [7, 11) is 0. The van der Waals surface area contributed by atoms with E-state index >= 15 is 0 Å². The van der Waals surface area contributed by atoms with Gasteiger partial charge in [0, 0.05) is 23.7 Å². The standard InChI is InChI=1S/C20H24N4O/c25-19(23-16-5-6-18-14(9-16)11-22-24-18)21-12-15-10-20(15)8-7-13-3-1-2-4-17(13)20/h1-4,11,15-16H,5-10,12H2,(H,22,24)(H2,21,23,25). The second kappa shape index (κ2) is 5.61. The number of carbonyl (C=O) groups excluding carboxylic acids is 1. The van der Waals surface area contributed by atoms with Crippen molar-refractivity contribution >= 4 is 6.03 Å². The van der Waals surface area contributed by atoms with E-state index < -0.39 is 0 Å². The minimum absolute atomic E-state index is 0.0229. The summed E-state index contributed by atoms with van der Waals surface area (Å²) in [4.78, 5) is 12.3. The smallest absolute Gasteiger partial charge is 0.315 e. The Hall–Kier alpha value is -2.30. The minimum atomic E-state index is -0.0229. The number of aromatic amines is 1. The summed E-state index contributed by atoms with van der Waals surface area (Å²) < 4.78 is 0. The number of fused-ring (bicyclic) bond motifs is 3. The van der Waals surface area contributed by atoms with Crippen LogP contribution in [0, 0.1) is 5.92 Å². The molecule has 3 N–H and O–H groups in total. The van der Waals surface area contributed by atoms with Crippen molar-refractivity contribution in [3.63, 3.8) is 0 Å². The molecule has 130 valence electrons. The van der Waals surface area contributed by atoms with E-state index in [1.54, 1.807) is 0 Å². The molecule has 5 nitrogen and oxygen atoms in total. The maximum Gasteiger partial charge on any atom is 0.315 e. The maximum atomic E-state index is 12.3. The third-order valence-corrected chi connectivity index (χ3v) is 6.49. The summed E-state index contributed by atoms with van der Waals surface area (Å²) in [5.74, 6) is 0.591. The van der Waals surface area contributed by atoms with Crippen LogP contribution in [0.15, 0.2) is 30.5 Å². The van der Waals surface area contributed by atoms with Crippen LogP contribution < -0.4 is 10.6 Å². The minimum Gasteiger partial charge on any atom is -0.338 e. The van der Waals surface area contributed by atoms with Crippen LogP contribution >= 0.6 is 0 Å². The average Bonchev–Trinajstić information content (AvgIpc) is 2.95. The molecule has 3 atom stereocenters. The molecule has 0 saturated heterocycles. The number of urea groups is 1. The van der Waals surface area contributed by atoms with Gasteiger partial charge in [-0.2, -0.15) is 5.10 Å². The van der Waals surface area contributed by atoms with Gasteiger partial charge in [-0.15, -0.1) is 0 Å². The quantitative estimate of drug-likeness (QED) is 0.806. The van der Waals surface area contributed by atoms with Gasteiger partial charge in [-0.3, -0.25) is 5.10 Å². The van der Waals surface area contributed by atoms with E-state index in [0.29, 0.717) is 11.3 Å². The zero-order valence-electron chi connectivity index (χ0n) is 14.3. The molecule has 25 heavy (non-hydrogen) atoms. The first-order chi connectivity index (χ1) is 12.2. The van der Waals surface area contributed by atoms with E-state index in [1.165, 1.54) is 41.6 Å². The molecule has 0 bridgehead atoms. The lowest BCUT2D eigenvalue weighted by atomic mass is 9.94. The topological polar surface area (TPSA) is 69.8 Å². The number of benzene rings is 1. The molecule has 5 heteroatoms. The van der Waals surface area contributed by atoms with Gasteiger partial charge < -0.3 is 10.6 Å². The van der Waals surface area contributed by atoms with Gasteiger partial charge in [-0.1, -0.05) is 24.3 Å². The zero-order valence-corrected chi connectivity index (χ0v) is 14.3. The molecule has 1 spiro atoms. The highest BCUT2D eigenvalue weighted by molar-refractivity contribution is 5.74. The third kappa shape index (κ3) is 2.53. The lowest BCUT2D eigenvalue weighted by Gasteiger charge is -2.23. The number of aromatic nitrogens is 2. The Morgan fingerprint density at radius 1 is 1.28 bits per heavy atom. The second-order valence-corrected chi connectivity index (χ2v) is 7.88. The molecule has 3 aliphatic rings. The molecule has 5 rings (SSSR count). The largest absolute Gasteiger partial charge is 0.338 e. The fourth-order valence-electron chi connectivity index (χ4n) is 4.99. The fourth-order valence-corrected chi connectivity index (χ4v) is 4.99. The molecular formula is C20H24N4O. The van der Waals surface area contributed by atoms with Crippen molar-refractivity contribution in [1.29, 1.82) is 0 Å². The van der Waals surface area contributed by atoms with E-state index in [-0.39, 0.29) is 12.1 Å². The lowest BCUT2D eigenvalue weighted by molar-refractivity contribution is 0.235. The van der Waals surface area contributed by atoms with E-state index in [4.69, 9.17) is 0 Å². The molecule has 3 aliphatic carbocycles. The predicted molar refractivity (Wildman–Crippen MR) is 95.5 cm³/mol. The van der Waals surface area contributed by atoms with Crippen LogP contribution in [-0.4, -0.2) is 28.8 Å². The average molecular weight is 336 g/mol. The highest BCUT2D eigenvalue weighted by atomic mass is 16.2. The van der Waals surface area contributed by atoms with E-state index in [9.17, 15) is 4.79 Å². The number of rotatable bonds is 3. The van der Waals surface area contributed by atoms with Crippen LogP contribution in [0.5, 0.6) is 0 Å². The van der Waals surface area contributed by atoms with Crippen molar-refractivity contribution in [2.24, 2.45) is 5.92 Å². The number of hydrogen-bond acceptors (Lipinski definition) is 2. The van der Waals surface area contributed by atoms with Gasteiger partial charge in [0.25, 0.3) is 0 Å². The summed E-state index contributed by atoms with van der Waals surface area (Å²) in [5, 5.41) is 13.4. The molecule has 1 aromatic heterocycles. The Balaban J connectivity index is 1.14. The van der Waals surface area contributed by atoms with Gasteiger partial charge in [-0.05, 0) is 61.1 Å². The number of hydrogen-bond donors (Lipinski definition) is 3. The number of H-pyrrole nitrogens is 1. The van der Waals surface area contributed by atoms with Crippen LogP contribution in [0.25, 0.3) is 0 Å². The summed E-state index contributed by atoms with van der Waals surface area (Å²) in [6.07, 6.45) is 8.34. The van der Waals surface area contributed by atoms with Crippen molar-refractivity contribution < 1.29 is 4.79 Å². The fraction of sp³-hybridized carbons (Fsp3) is 0.500. The van der Waals surface area contributed by atoms with Crippen LogP contribution in [0.2, 0.25) is 0 Å². The molecule has 1 aromatic carbocycles. The van der Waals surface area contributed by atoms with Gasteiger partial charge >= 0.3 is 6.03 Å². The first-order valence-corrected chi connectivity index (χ1v) is 9.38. The Morgan fingerprint density at radius 3 is 3.16 bits per heavy atom. The van der Waals surface area contributed by atoms with Crippen LogP contribution in [0.3, 0.4) is 0 Å². The summed E-state index contributed by atoms with van der Waals surface area (Å²) in [6.45, 7) is 0.782. The Kier molecular flexibility index (Phi) is 3.37. The monoisotopic (exact) mass is 336 g/mol. The first-order valence-electron chi connectivity index (χ1n) is 9.38. The Labute approximate surface area is 147 Å². The van der Waals surface area contributed by atoms with Gasteiger partial charge in [0.15, 0.2) is 0 Å². The Bertz CT molecular complexity index is 814. The lowest BCUT2D eigenvalue weighted by Crippen LogP contribution is -2.45. The normalized spacial score (nSPS) is 29.1. The molecule has 1 heterocycles. The number of nitrogens with zero attached hydrogens (tertiary/aromatic N) is 1. The maximum absolute atomic E-state index is 12.3. The van der Waals surface area contributed by atoms with Crippen molar-refractivity contribution in [2.75, 3.05) is 6.54 Å². The van der Waals surface area contributed by atoms with Crippen molar-refractivity contribution in [3.05, 3.63) is 52.8 Å². The third-order valence-electron chi connectivity index (χ3n) is 6.49. The number of aryl methyl sites for hydroxylation is 2. The SMILES string of the molecule is O=C(NCC1CC12CCc1ccccc12)NC1CCc2[nH]ncc2C1. The molecule has 1 fully saturated rings. The molecule has 3 unspecified atom stereocenters. The van der Waals surface area contributed by atoms with E-state index in [0.717, 1.165) is 25.8 Å². The van der Waals surface area contributed by atoms with Crippen molar-refractivity contribution in [3.8, 4) is 0 Å². The van der Waals surface area contributed by atoms with E-state index in [2.05, 4.69) is 45.1 Å². The van der Waals surface area contributed by atoms with Gasteiger partial charge in [0.1, 0.15) is 0 Å². The van der Waals surface area contributed by atoms with Crippen LogP contribution in [0.1, 0.15) is 41.6 Å². The number of carbonyl (C=O) groups is 1. The Morgan fingerprint density at radius 2 is 2.20 bits per heavy atom.